The second kappa shape index (κ2) is 5.81. The highest BCUT2D eigenvalue weighted by Gasteiger charge is 2.06. The molecule has 0 aliphatic carbocycles. The van der Waals surface area contributed by atoms with Crippen LogP contribution in [0.25, 0.3) is 0 Å². The summed E-state index contributed by atoms with van der Waals surface area (Å²) in [4.78, 5) is 0. The summed E-state index contributed by atoms with van der Waals surface area (Å²) >= 11 is 17.9. The molecule has 2 aromatic carbocycles. The molecular formula is C13H10Cl3NO. The fraction of sp³-hybridized carbons (Fsp3) is 0.0769. The molecule has 2 nitrogen and oxygen atoms in total. The van der Waals surface area contributed by atoms with Gasteiger partial charge in [0.2, 0.25) is 0 Å². The van der Waals surface area contributed by atoms with Crippen LogP contribution in [-0.4, -0.2) is 0 Å². The van der Waals surface area contributed by atoms with Gasteiger partial charge < -0.3 is 10.5 Å². The van der Waals surface area contributed by atoms with Gasteiger partial charge in [0.1, 0.15) is 11.5 Å². The molecule has 0 saturated heterocycles. The van der Waals surface area contributed by atoms with E-state index in [0.717, 1.165) is 5.56 Å². The number of nitrogens with two attached hydrogens (primary N) is 1. The lowest BCUT2D eigenvalue weighted by atomic mass is 10.2. The minimum absolute atomic E-state index is 0.390. The fourth-order valence-electron chi connectivity index (χ4n) is 1.44. The van der Waals surface area contributed by atoms with Crippen molar-refractivity contribution in [3.05, 3.63) is 57.0 Å². The van der Waals surface area contributed by atoms with Crippen molar-refractivity contribution in [1.29, 1.82) is 0 Å². The predicted octanol–water partition coefficient (Wildman–Crippen LogP) is 4.90. The van der Waals surface area contributed by atoms with Gasteiger partial charge in [-0.3, -0.25) is 0 Å². The second-order valence-electron chi connectivity index (χ2n) is 3.63. The van der Waals surface area contributed by atoms with Gasteiger partial charge in [0.25, 0.3) is 0 Å². The summed E-state index contributed by atoms with van der Waals surface area (Å²) in [6, 6.07) is 10.3. The first-order valence-electron chi connectivity index (χ1n) is 5.21. The molecule has 0 saturated carbocycles. The van der Waals surface area contributed by atoms with Crippen LogP contribution in [0.15, 0.2) is 36.4 Å². The van der Waals surface area contributed by atoms with Crippen LogP contribution in [0.3, 0.4) is 0 Å². The average molecular weight is 303 g/mol. The highest BCUT2D eigenvalue weighted by molar-refractivity contribution is 6.35. The third-order valence-corrected chi connectivity index (χ3v) is 3.25. The lowest BCUT2D eigenvalue weighted by Gasteiger charge is -2.09. The van der Waals surface area contributed by atoms with Gasteiger partial charge in [-0.2, -0.15) is 0 Å². The Morgan fingerprint density at radius 1 is 0.944 bits per heavy atom. The van der Waals surface area contributed by atoms with Crippen LogP contribution in [0.1, 0.15) is 5.56 Å². The third-order valence-electron chi connectivity index (χ3n) is 2.37. The van der Waals surface area contributed by atoms with Crippen LogP contribution in [-0.2, 0) is 6.54 Å². The Morgan fingerprint density at radius 2 is 1.72 bits per heavy atom. The predicted molar refractivity (Wildman–Crippen MR) is 75.9 cm³/mol. The van der Waals surface area contributed by atoms with Crippen molar-refractivity contribution >= 4 is 34.8 Å². The van der Waals surface area contributed by atoms with E-state index in [4.69, 9.17) is 45.3 Å². The summed E-state index contributed by atoms with van der Waals surface area (Å²) in [7, 11) is 0. The highest BCUT2D eigenvalue weighted by Crippen LogP contribution is 2.33. The maximum atomic E-state index is 6.05. The van der Waals surface area contributed by atoms with Crippen LogP contribution < -0.4 is 10.5 Å². The Morgan fingerprint density at radius 3 is 2.33 bits per heavy atom. The average Bonchev–Trinajstić information content (AvgIpc) is 2.33. The number of rotatable bonds is 3. The molecule has 0 radical (unpaired) electrons. The normalized spacial score (nSPS) is 10.4. The van der Waals surface area contributed by atoms with Gasteiger partial charge in [-0.25, -0.2) is 0 Å². The first kappa shape index (κ1) is 13.5. The van der Waals surface area contributed by atoms with E-state index >= 15 is 0 Å². The van der Waals surface area contributed by atoms with Crippen LogP contribution in [0, 0.1) is 0 Å². The quantitative estimate of drug-likeness (QED) is 0.875. The Balaban J connectivity index is 2.26. The molecule has 0 amide bonds. The molecule has 0 aromatic heterocycles. The van der Waals surface area contributed by atoms with E-state index in [1.165, 1.54) is 0 Å². The van der Waals surface area contributed by atoms with E-state index in [0.29, 0.717) is 33.1 Å². The van der Waals surface area contributed by atoms with E-state index in [2.05, 4.69) is 0 Å². The molecule has 0 spiro atoms. The lowest BCUT2D eigenvalue weighted by Crippen LogP contribution is -1.97. The molecule has 2 rings (SSSR count). The Labute approximate surface area is 120 Å². The zero-order valence-electron chi connectivity index (χ0n) is 9.29. The molecule has 0 heterocycles. The maximum absolute atomic E-state index is 6.05. The van der Waals surface area contributed by atoms with Gasteiger partial charge in [0.15, 0.2) is 0 Å². The number of ether oxygens (including phenoxy) is 1. The smallest absolute Gasteiger partial charge is 0.146 e. The fourth-order valence-corrected chi connectivity index (χ4v) is 2.14. The van der Waals surface area contributed by atoms with Crippen molar-refractivity contribution in [2.45, 2.75) is 6.54 Å². The Bertz CT molecular complexity index is 572. The number of benzene rings is 2. The van der Waals surface area contributed by atoms with Gasteiger partial charge >= 0.3 is 0 Å². The zero-order chi connectivity index (χ0) is 13.1. The molecule has 0 bridgehead atoms. The van der Waals surface area contributed by atoms with E-state index in [1.54, 1.807) is 30.3 Å². The standard InChI is InChI=1S/C13H10Cl3NO/c14-9-2-4-13(12(16)5-9)18-10-3-1-8(7-17)11(15)6-10/h1-6H,7,17H2. The van der Waals surface area contributed by atoms with E-state index in [-0.39, 0.29) is 0 Å². The molecule has 2 aromatic rings. The molecule has 0 aliphatic rings. The van der Waals surface area contributed by atoms with Crippen molar-refractivity contribution in [2.24, 2.45) is 5.73 Å². The van der Waals surface area contributed by atoms with Crippen LogP contribution in [0.5, 0.6) is 11.5 Å². The Hall–Kier alpha value is -0.930. The summed E-state index contributed by atoms with van der Waals surface area (Å²) in [5.74, 6) is 1.12. The Kier molecular flexibility index (Phi) is 4.36. The zero-order valence-corrected chi connectivity index (χ0v) is 11.6. The van der Waals surface area contributed by atoms with E-state index < -0.39 is 0 Å². The first-order valence-corrected chi connectivity index (χ1v) is 6.35. The molecular weight excluding hydrogens is 293 g/mol. The third kappa shape index (κ3) is 3.09. The summed E-state index contributed by atoms with van der Waals surface area (Å²) in [5.41, 5.74) is 6.40. The maximum Gasteiger partial charge on any atom is 0.146 e. The molecule has 2 N–H and O–H groups in total. The number of hydrogen-bond donors (Lipinski definition) is 1. The van der Waals surface area contributed by atoms with Crippen LogP contribution >= 0.6 is 34.8 Å². The second-order valence-corrected chi connectivity index (χ2v) is 4.88. The van der Waals surface area contributed by atoms with Crippen molar-refractivity contribution < 1.29 is 4.74 Å². The SMILES string of the molecule is NCc1ccc(Oc2ccc(Cl)cc2Cl)cc1Cl. The van der Waals surface area contributed by atoms with Crippen molar-refractivity contribution in [2.75, 3.05) is 0 Å². The molecule has 0 aliphatic heterocycles. The first-order chi connectivity index (χ1) is 8.60. The van der Waals surface area contributed by atoms with E-state index in [9.17, 15) is 0 Å². The largest absolute Gasteiger partial charge is 0.456 e. The minimum atomic E-state index is 0.390. The monoisotopic (exact) mass is 301 g/mol. The summed E-state index contributed by atoms with van der Waals surface area (Å²) in [5, 5.41) is 1.57. The van der Waals surface area contributed by atoms with E-state index in [1.807, 2.05) is 6.07 Å². The molecule has 94 valence electrons. The van der Waals surface area contributed by atoms with Gasteiger partial charge in [0.05, 0.1) is 5.02 Å². The van der Waals surface area contributed by atoms with Gasteiger partial charge in [-0.05, 0) is 35.9 Å². The highest BCUT2D eigenvalue weighted by atomic mass is 35.5. The summed E-state index contributed by atoms with van der Waals surface area (Å²) < 4.78 is 5.63. The van der Waals surface area contributed by atoms with Crippen LogP contribution in [0.2, 0.25) is 15.1 Å². The number of halogens is 3. The van der Waals surface area contributed by atoms with Gasteiger partial charge in [-0.15, -0.1) is 0 Å². The molecule has 5 heteroatoms. The van der Waals surface area contributed by atoms with Gasteiger partial charge in [-0.1, -0.05) is 40.9 Å². The van der Waals surface area contributed by atoms with Gasteiger partial charge in [0, 0.05) is 16.6 Å². The molecule has 0 atom stereocenters. The topological polar surface area (TPSA) is 35.2 Å². The number of hydrogen-bond acceptors (Lipinski definition) is 2. The minimum Gasteiger partial charge on any atom is -0.456 e. The van der Waals surface area contributed by atoms with Crippen molar-refractivity contribution in [3.63, 3.8) is 0 Å². The molecule has 0 fully saturated rings. The summed E-state index contributed by atoms with van der Waals surface area (Å²) in [6.07, 6.45) is 0. The van der Waals surface area contributed by atoms with Crippen molar-refractivity contribution in [3.8, 4) is 11.5 Å². The van der Waals surface area contributed by atoms with Crippen molar-refractivity contribution in [1.82, 2.24) is 0 Å². The molecule has 18 heavy (non-hydrogen) atoms. The van der Waals surface area contributed by atoms with Crippen LogP contribution in [0.4, 0.5) is 0 Å². The lowest BCUT2D eigenvalue weighted by molar-refractivity contribution is 0.483. The molecule has 0 unspecified atom stereocenters. The summed E-state index contributed by atoms with van der Waals surface area (Å²) in [6.45, 7) is 0.390.